The Morgan fingerprint density at radius 1 is 0.912 bits per heavy atom. The summed E-state index contributed by atoms with van der Waals surface area (Å²) in [5.74, 6) is -3.08. The molecule has 0 heterocycles. The molecule has 1 unspecified atom stereocenters. The van der Waals surface area contributed by atoms with Crippen molar-refractivity contribution in [3.63, 3.8) is 0 Å². The second kappa shape index (κ2) is 8.74. The Balaban J connectivity index is 1.64. The number of hydrogen-bond donors (Lipinski definition) is 2. The molecule has 0 bridgehead atoms. The molecule has 1 atom stereocenters. The number of hydrogen-bond acceptors (Lipinski definition) is 4. The largest absolute Gasteiger partial charge is 0.496 e. The fourth-order valence-corrected chi connectivity index (χ4v) is 4.32. The maximum atomic E-state index is 14.2. The van der Waals surface area contributed by atoms with Crippen LogP contribution in [-0.4, -0.2) is 37.1 Å². The first-order valence-corrected chi connectivity index (χ1v) is 10.3. The van der Waals surface area contributed by atoms with Gasteiger partial charge in [0.25, 0.3) is 5.54 Å². The number of alkyl halides is 3. The molecule has 3 aromatic rings. The minimum atomic E-state index is -5.40. The van der Waals surface area contributed by atoms with Gasteiger partial charge in [-0.2, -0.15) is 13.2 Å². The molecule has 1 amide bonds. The fourth-order valence-electron chi connectivity index (χ4n) is 4.32. The number of amides is 1. The van der Waals surface area contributed by atoms with Gasteiger partial charge in [-0.1, -0.05) is 66.7 Å². The molecule has 0 aliphatic heterocycles. The zero-order valence-corrected chi connectivity index (χ0v) is 17.9. The first kappa shape index (κ1) is 23.2. The van der Waals surface area contributed by atoms with Gasteiger partial charge in [0.1, 0.15) is 12.4 Å². The van der Waals surface area contributed by atoms with Crippen LogP contribution in [0.5, 0.6) is 5.75 Å². The zero-order chi connectivity index (χ0) is 24.5. The topological polar surface area (TPSA) is 84.9 Å². The van der Waals surface area contributed by atoms with Crippen molar-refractivity contribution in [2.24, 2.45) is 0 Å². The van der Waals surface area contributed by atoms with Crippen LogP contribution in [0.2, 0.25) is 0 Å². The fraction of sp³-hybridized carbons (Fsp3) is 0.200. The van der Waals surface area contributed by atoms with Crippen LogP contribution < -0.4 is 10.1 Å². The van der Waals surface area contributed by atoms with Gasteiger partial charge in [-0.3, -0.25) is 5.32 Å². The smallest absolute Gasteiger partial charge is 0.427 e. The molecule has 6 nitrogen and oxygen atoms in total. The Bertz CT molecular complexity index is 1200. The van der Waals surface area contributed by atoms with Crippen LogP contribution in [0.3, 0.4) is 0 Å². The molecule has 0 saturated heterocycles. The highest BCUT2D eigenvalue weighted by Gasteiger charge is 2.65. The predicted octanol–water partition coefficient (Wildman–Crippen LogP) is 5.08. The number of fused-ring (bicyclic) bond motifs is 3. The van der Waals surface area contributed by atoms with E-state index in [-0.39, 0.29) is 12.4 Å². The molecule has 0 spiro atoms. The summed E-state index contributed by atoms with van der Waals surface area (Å²) in [4.78, 5) is 24.6. The number of carboxylic acid groups (broad SMARTS) is 1. The molecular weight excluding hydrogens is 451 g/mol. The van der Waals surface area contributed by atoms with Gasteiger partial charge in [-0.25, -0.2) is 9.59 Å². The highest BCUT2D eigenvalue weighted by Crippen LogP contribution is 2.45. The molecule has 1 aliphatic carbocycles. The third-order valence-electron chi connectivity index (χ3n) is 5.89. The standard InChI is InChI=1S/C25H20F3NO5/c1-33-21-13-7-6-12-20(21)24(22(30)31,25(26,27)28)29-23(32)34-14-19-17-10-4-2-8-15(17)16-9-3-5-11-18(16)19/h2-13,19H,14H2,1H3,(H,29,32)(H,30,31). The van der Waals surface area contributed by atoms with E-state index in [0.29, 0.717) is 0 Å². The van der Waals surface area contributed by atoms with E-state index in [9.17, 15) is 27.9 Å². The summed E-state index contributed by atoms with van der Waals surface area (Å²) in [6.45, 7) is -0.278. The third-order valence-corrected chi connectivity index (χ3v) is 5.89. The number of para-hydroxylation sites is 1. The number of carboxylic acids is 1. The molecular formula is C25H20F3NO5. The number of benzene rings is 3. The van der Waals surface area contributed by atoms with Gasteiger partial charge in [0.05, 0.1) is 7.11 Å². The number of alkyl carbamates (subject to hydrolysis) is 1. The van der Waals surface area contributed by atoms with Crippen LogP contribution in [0.4, 0.5) is 18.0 Å². The molecule has 176 valence electrons. The molecule has 34 heavy (non-hydrogen) atoms. The average Bonchev–Trinajstić information content (AvgIpc) is 3.14. The normalized spacial score (nSPS) is 14.5. The van der Waals surface area contributed by atoms with Crippen molar-refractivity contribution in [2.75, 3.05) is 13.7 Å². The second-order valence-electron chi connectivity index (χ2n) is 7.70. The minimum Gasteiger partial charge on any atom is -0.496 e. The lowest BCUT2D eigenvalue weighted by molar-refractivity contribution is -0.212. The van der Waals surface area contributed by atoms with Gasteiger partial charge in [0.15, 0.2) is 0 Å². The number of halogens is 3. The molecule has 0 aromatic heterocycles. The van der Waals surface area contributed by atoms with Crippen molar-refractivity contribution in [3.8, 4) is 16.9 Å². The van der Waals surface area contributed by atoms with Crippen molar-refractivity contribution < 1.29 is 37.3 Å². The summed E-state index contributed by atoms with van der Waals surface area (Å²) in [6.07, 6.45) is -6.92. The molecule has 0 saturated carbocycles. The lowest BCUT2D eigenvalue weighted by atomic mass is 9.88. The summed E-state index contributed by atoms with van der Waals surface area (Å²) in [5.41, 5.74) is -0.941. The van der Waals surface area contributed by atoms with E-state index in [4.69, 9.17) is 9.47 Å². The Kier molecular flexibility index (Phi) is 5.95. The van der Waals surface area contributed by atoms with Crippen LogP contribution >= 0.6 is 0 Å². The number of carbonyl (C=O) groups excluding carboxylic acids is 1. The Morgan fingerprint density at radius 2 is 1.44 bits per heavy atom. The molecule has 0 radical (unpaired) electrons. The van der Waals surface area contributed by atoms with E-state index >= 15 is 0 Å². The van der Waals surface area contributed by atoms with Gasteiger partial charge in [0.2, 0.25) is 0 Å². The summed E-state index contributed by atoms with van der Waals surface area (Å²) >= 11 is 0. The van der Waals surface area contributed by atoms with Crippen LogP contribution in [0.25, 0.3) is 11.1 Å². The maximum Gasteiger partial charge on any atom is 0.427 e. The maximum absolute atomic E-state index is 14.2. The van der Waals surface area contributed by atoms with Crippen LogP contribution in [0.1, 0.15) is 22.6 Å². The van der Waals surface area contributed by atoms with Crippen molar-refractivity contribution in [1.29, 1.82) is 0 Å². The van der Waals surface area contributed by atoms with E-state index < -0.39 is 35.3 Å². The summed E-state index contributed by atoms with van der Waals surface area (Å²) in [7, 11) is 1.11. The van der Waals surface area contributed by atoms with Gasteiger partial charge in [-0.15, -0.1) is 0 Å². The number of nitrogens with one attached hydrogen (secondary N) is 1. The summed E-state index contributed by atoms with van der Waals surface area (Å²) < 4.78 is 52.8. The molecule has 0 fully saturated rings. The van der Waals surface area contributed by atoms with Crippen LogP contribution in [0, 0.1) is 0 Å². The van der Waals surface area contributed by atoms with E-state index in [0.717, 1.165) is 35.4 Å². The van der Waals surface area contributed by atoms with Crippen molar-refractivity contribution in [1.82, 2.24) is 5.32 Å². The number of ether oxygens (including phenoxy) is 2. The average molecular weight is 471 g/mol. The lowest BCUT2D eigenvalue weighted by Crippen LogP contribution is -2.61. The summed E-state index contributed by atoms with van der Waals surface area (Å²) in [5, 5.41) is 11.2. The SMILES string of the molecule is COc1ccccc1C(NC(=O)OCC1c2ccccc2-c2ccccc21)(C(=O)O)C(F)(F)F. The molecule has 2 N–H and O–H groups in total. The predicted molar refractivity (Wildman–Crippen MR) is 117 cm³/mol. The van der Waals surface area contributed by atoms with Crippen molar-refractivity contribution in [3.05, 3.63) is 89.5 Å². The van der Waals surface area contributed by atoms with E-state index in [1.807, 2.05) is 48.5 Å². The molecule has 4 rings (SSSR count). The second-order valence-corrected chi connectivity index (χ2v) is 7.70. The summed E-state index contributed by atoms with van der Waals surface area (Å²) in [6, 6.07) is 19.6. The molecule has 9 heteroatoms. The zero-order valence-electron chi connectivity index (χ0n) is 17.9. The first-order chi connectivity index (χ1) is 16.2. The quantitative estimate of drug-likeness (QED) is 0.524. The van der Waals surface area contributed by atoms with Gasteiger partial charge in [0, 0.05) is 11.5 Å². The highest BCUT2D eigenvalue weighted by molar-refractivity contribution is 5.88. The number of methoxy groups -OCH3 is 1. The number of rotatable bonds is 6. The van der Waals surface area contributed by atoms with Gasteiger partial charge < -0.3 is 14.6 Å². The van der Waals surface area contributed by atoms with Gasteiger partial charge >= 0.3 is 18.2 Å². The van der Waals surface area contributed by atoms with E-state index in [1.54, 1.807) is 5.32 Å². The van der Waals surface area contributed by atoms with Crippen molar-refractivity contribution in [2.45, 2.75) is 17.6 Å². The van der Waals surface area contributed by atoms with Crippen LogP contribution in [0.15, 0.2) is 72.8 Å². The number of carbonyl (C=O) groups is 2. The molecule has 1 aliphatic rings. The Hall–Kier alpha value is -4.01. The van der Waals surface area contributed by atoms with Crippen LogP contribution in [-0.2, 0) is 15.1 Å². The van der Waals surface area contributed by atoms with Gasteiger partial charge in [-0.05, 0) is 28.3 Å². The lowest BCUT2D eigenvalue weighted by Gasteiger charge is -2.33. The van der Waals surface area contributed by atoms with Crippen molar-refractivity contribution >= 4 is 12.1 Å². The Labute approximate surface area is 192 Å². The minimum absolute atomic E-state index is 0.278. The number of aliphatic carboxylic acids is 1. The van der Waals surface area contributed by atoms with E-state index in [1.165, 1.54) is 18.2 Å². The Morgan fingerprint density at radius 3 is 1.97 bits per heavy atom. The monoisotopic (exact) mass is 471 g/mol. The van der Waals surface area contributed by atoms with E-state index in [2.05, 4.69) is 0 Å². The molecule has 3 aromatic carbocycles. The third kappa shape index (κ3) is 3.72. The first-order valence-electron chi connectivity index (χ1n) is 10.3. The highest BCUT2D eigenvalue weighted by atomic mass is 19.4.